The lowest BCUT2D eigenvalue weighted by Gasteiger charge is -2.32. The van der Waals surface area contributed by atoms with Crippen LogP contribution >= 0.6 is 0 Å². The van der Waals surface area contributed by atoms with Gasteiger partial charge < -0.3 is 5.32 Å². The number of nitrogens with zero attached hydrogens (tertiary/aromatic N) is 1. The molecule has 0 aromatic carbocycles. The van der Waals surface area contributed by atoms with Crippen LogP contribution in [0.5, 0.6) is 0 Å². The van der Waals surface area contributed by atoms with Crippen LogP contribution < -0.4 is 10.0 Å². The molecule has 1 heterocycles. The molecule has 0 radical (unpaired) electrons. The number of piperazine rings is 1. The average Bonchev–Trinajstić information content (AvgIpc) is 2.05. The zero-order chi connectivity index (χ0) is 9.19. The van der Waals surface area contributed by atoms with E-state index >= 15 is 0 Å². The Labute approximate surface area is 73.3 Å². The standard InChI is InChI=1S/C6H15N3O2S/c1-6-5-8-3-4-9(6)12(10,11)7-2/h6-8H,3-5H2,1-2H3/t6-/m1/s1. The smallest absolute Gasteiger partial charge is 0.279 e. The van der Waals surface area contributed by atoms with Gasteiger partial charge in [-0.05, 0) is 6.92 Å². The van der Waals surface area contributed by atoms with Crippen molar-refractivity contribution in [1.82, 2.24) is 14.3 Å². The summed E-state index contributed by atoms with van der Waals surface area (Å²) in [5.41, 5.74) is 0. The van der Waals surface area contributed by atoms with Crippen LogP contribution in [0, 0.1) is 0 Å². The Morgan fingerprint density at radius 3 is 2.75 bits per heavy atom. The lowest BCUT2D eigenvalue weighted by molar-refractivity contribution is 0.281. The Morgan fingerprint density at radius 2 is 2.25 bits per heavy atom. The molecule has 1 saturated heterocycles. The highest BCUT2D eigenvalue weighted by molar-refractivity contribution is 7.87. The number of hydrogen-bond donors (Lipinski definition) is 2. The van der Waals surface area contributed by atoms with Crippen molar-refractivity contribution in [2.75, 3.05) is 26.7 Å². The van der Waals surface area contributed by atoms with Gasteiger partial charge in [-0.1, -0.05) is 0 Å². The molecule has 5 nitrogen and oxygen atoms in total. The number of rotatable bonds is 2. The molecule has 0 aliphatic carbocycles. The minimum Gasteiger partial charge on any atom is -0.314 e. The molecular weight excluding hydrogens is 178 g/mol. The van der Waals surface area contributed by atoms with Crippen LogP contribution in [0.1, 0.15) is 6.92 Å². The van der Waals surface area contributed by atoms with Crippen molar-refractivity contribution < 1.29 is 8.42 Å². The van der Waals surface area contributed by atoms with E-state index in [1.807, 2.05) is 6.92 Å². The zero-order valence-corrected chi connectivity index (χ0v) is 8.19. The fourth-order valence-corrected chi connectivity index (χ4v) is 2.41. The molecule has 6 heteroatoms. The summed E-state index contributed by atoms with van der Waals surface area (Å²) in [7, 11) is -1.79. The monoisotopic (exact) mass is 193 g/mol. The van der Waals surface area contributed by atoms with Crippen LogP contribution in [-0.2, 0) is 10.2 Å². The van der Waals surface area contributed by atoms with Gasteiger partial charge in [-0.2, -0.15) is 12.7 Å². The van der Waals surface area contributed by atoms with Gasteiger partial charge in [0, 0.05) is 32.7 Å². The van der Waals surface area contributed by atoms with Crippen molar-refractivity contribution in [2.45, 2.75) is 13.0 Å². The fraction of sp³-hybridized carbons (Fsp3) is 1.00. The van der Waals surface area contributed by atoms with Gasteiger partial charge in [0.2, 0.25) is 0 Å². The average molecular weight is 193 g/mol. The molecule has 0 unspecified atom stereocenters. The van der Waals surface area contributed by atoms with Crippen LogP contribution in [0.3, 0.4) is 0 Å². The molecule has 12 heavy (non-hydrogen) atoms. The van der Waals surface area contributed by atoms with Crippen LogP contribution in [0.2, 0.25) is 0 Å². The lowest BCUT2D eigenvalue weighted by Crippen LogP contribution is -2.54. The van der Waals surface area contributed by atoms with Crippen molar-refractivity contribution in [2.24, 2.45) is 0 Å². The van der Waals surface area contributed by atoms with Crippen LogP contribution in [-0.4, -0.2) is 45.4 Å². The van der Waals surface area contributed by atoms with Crippen LogP contribution in [0.15, 0.2) is 0 Å². The molecule has 1 fully saturated rings. The highest BCUT2D eigenvalue weighted by Gasteiger charge is 2.27. The Bertz CT molecular complexity index is 239. The molecule has 0 bridgehead atoms. The van der Waals surface area contributed by atoms with E-state index in [1.165, 1.54) is 11.4 Å². The lowest BCUT2D eigenvalue weighted by atomic mass is 10.3. The van der Waals surface area contributed by atoms with E-state index in [9.17, 15) is 8.42 Å². The third-order valence-corrected chi connectivity index (χ3v) is 3.68. The van der Waals surface area contributed by atoms with Gasteiger partial charge in [-0.15, -0.1) is 0 Å². The summed E-state index contributed by atoms with van der Waals surface area (Å²) in [4.78, 5) is 0. The van der Waals surface area contributed by atoms with E-state index in [1.54, 1.807) is 0 Å². The van der Waals surface area contributed by atoms with Gasteiger partial charge in [-0.25, -0.2) is 4.72 Å². The molecule has 1 aliphatic heterocycles. The maximum Gasteiger partial charge on any atom is 0.279 e. The van der Waals surface area contributed by atoms with Gasteiger partial charge in [-0.3, -0.25) is 0 Å². The maximum absolute atomic E-state index is 11.4. The van der Waals surface area contributed by atoms with Crippen molar-refractivity contribution in [3.63, 3.8) is 0 Å². The largest absolute Gasteiger partial charge is 0.314 e. The van der Waals surface area contributed by atoms with Crippen molar-refractivity contribution in [3.8, 4) is 0 Å². The predicted octanol–water partition coefficient (Wildman–Crippen LogP) is -1.26. The molecular formula is C6H15N3O2S. The fourth-order valence-electron chi connectivity index (χ4n) is 1.30. The summed E-state index contributed by atoms with van der Waals surface area (Å²) in [6.07, 6.45) is 0. The maximum atomic E-state index is 11.4. The topological polar surface area (TPSA) is 61.4 Å². The molecule has 0 aromatic rings. The van der Waals surface area contributed by atoms with Crippen LogP contribution in [0.25, 0.3) is 0 Å². The Morgan fingerprint density at radius 1 is 1.58 bits per heavy atom. The molecule has 1 atom stereocenters. The minimum atomic E-state index is -3.23. The van der Waals surface area contributed by atoms with E-state index in [0.29, 0.717) is 6.54 Å². The second-order valence-corrected chi connectivity index (χ2v) is 4.70. The first-order valence-corrected chi connectivity index (χ1v) is 5.43. The van der Waals surface area contributed by atoms with Crippen molar-refractivity contribution in [3.05, 3.63) is 0 Å². The van der Waals surface area contributed by atoms with Gasteiger partial charge in [0.15, 0.2) is 0 Å². The summed E-state index contributed by atoms with van der Waals surface area (Å²) in [6, 6.07) is 0.0381. The molecule has 1 rings (SSSR count). The summed E-state index contributed by atoms with van der Waals surface area (Å²) in [5, 5.41) is 3.13. The van der Waals surface area contributed by atoms with Crippen molar-refractivity contribution >= 4 is 10.2 Å². The molecule has 72 valence electrons. The zero-order valence-electron chi connectivity index (χ0n) is 7.37. The summed E-state index contributed by atoms with van der Waals surface area (Å²) in [6.45, 7) is 3.89. The second-order valence-electron chi connectivity index (χ2n) is 2.87. The summed E-state index contributed by atoms with van der Waals surface area (Å²) < 4.78 is 26.5. The van der Waals surface area contributed by atoms with Gasteiger partial charge in [0.1, 0.15) is 0 Å². The van der Waals surface area contributed by atoms with E-state index in [2.05, 4.69) is 10.0 Å². The third-order valence-electron chi connectivity index (χ3n) is 2.01. The SMILES string of the molecule is CNS(=O)(=O)N1CCNC[C@H]1C. The highest BCUT2D eigenvalue weighted by Crippen LogP contribution is 2.06. The number of hydrogen-bond acceptors (Lipinski definition) is 3. The van der Waals surface area contributed by atoms with Crippen molar-refractivity contribution in [1.29, 1.82) is 0 Å². The van der Waals surface area contributed by atoms with Gasteiger partial charge in [0.25, 0.3) is 10.2 Å². The number of nitrogens with one attached hydrogen (secondary N) is 2. The first-order valence-electron chi connectivity index (χ1n) is 3.99. The summed E-state index contributed by atoms with van der Waals surface area (Å²) >= 11 is 0. The first-order chi connectivity index (χ1) is 5.58. The summed E-state index contributed by atoms with van der Waals surface area (Å²) in [5.74, 6) is 0. The third kappa shape index (κ3) is 1.95. The van der Waals surface area contributed by atoms with Gasteiger partial charge in [0.05, 0.1) is 0 Å². The Hall–Kier alpha value is -0.170. The molecule has 0 amide bonds. The molecule has 2 N–H and O–H groups in total. The van der Waals surface area contributed by atoms with E-state index < -0.39 is 10.2 Å². The molecule has 0 spiro atoms. The first kappa shape index (κ1) is 9.91. The van der Waals surface area contributed by atoms with E-state index in [0.717, 1.165) is 13.1 Å². The minimum absolute atomic E-state index is 0.0381. The Kier molecular flexibility index (Phi) is 3.05. The predicted molar refractivity (Wildman–Crippen MR) is 47.0 cm³/mol. The highest BCUT2D eigenvalue weighted by atomic mass is 32.2. The van der Waals surface area contributed by atoms with E-state index in [4.69, 9.17) is 0 Å². The normalized spacial score (nSPS) is 27.3. The van der Waals surface area contributed by atoms with Gasteiger partial charge >= 0.3 is 0 Å². The second kappa shape index (κ2) is 3.69. The van der Waals surface area contributed by atoms with Crippen LogP contribution in [0.4, 0.5) is 0 Å². The molecule has 1 aliphatic rings. The molecule has 0 aromatic heterocycles. The Balaban J connectivity index is 2.72. The molecule has 0 saturated carbocycles. The van der Waals surface area contributed by atoms with E-state index in [-0.39, 0.29) is 6.04 Å². The quantitative estimate of drug-likeness (QED) is 0.576.